The van der Waals surface area contributed by atoms with Gasteiger partial charge in [0.05, 0.1) is 0 Å². The molecule has 0 aliphatic carbocycles. The van der Waals surface area contributed by atoms with E-state index in [1.165, 1.54) is 38.0 Å². The van der Waals surface area contributed by atoms with Crippen molar-refractivity contribution in [1.82, 2.24) is 10.2 Å². The number of nitrogens with one attached hydrogen (secondary N) is 1. The average Bonchev–Trinajstić information content (AvgIpc) is 2.96. The lowest BCUT2D eigenvalue weighted by Crippen LogP contribution is -2.35. The number of nitrogens with zero attached hydrogens (tertiary/aromatic N) is 1. The standard InChI is InChI=1S/C15H26N2S/c1-12(2)16-9-15-4-6-17(10-15)13(3)8-14-5-7-18-11-14/h5,7,11-13,15-16H,4,6,8-10H2,1-3H3. The Morgan fingerprint density at radius 3 is 2.94 bits per heavy atom. The third-order valence-electron chi connectivity index (χ3n) is 3.87. The minimum absolute atomic E-state index is 0.613. The van der Waals surface area contributed by atoms with Crippen molar-refractivity contribution in [3.63, 3.8) is 0 Å². The van der Waals surface area contributed by atoms with Crippen LogP contribution in [0.2, 0.25) is 0 Å². The van der Waals surface area contributed by atoms with Crippen molar-refractivity contribution in [2.45, 2.75) is 45.7 Å². The Labute approximate surface area is 115 Å². The summed E-state index contributed by atoms with van der Waals surface area (Å²) in [7, 11) is 0. The van der Waals surface area contributed by atoms with E-state index >= 15 is 0 Å². The largest absolute Gasteiger partial charge is 0.314 e. The molecule has 102 valence electrons. The van der Waals surface area contributed by atoms with Crippen molar-refractivity contribution >= 4 is 11.3 Å². The summed E-state index contributed by atoms with van der Waals surface area (Å²) in [6.45, 7) is 10.5. The van der Waals surface area contributed by atoms with Crippen LogP contribution in [-0.2, 0) is 6.42 Å². The number of hydrogen-bond acceptors (Lipinski definition) is 3. The Morgan fingerprint density at radius 1 is 1.44 bits per heavy atom. The van der Waals surface area contributed by atoms with Crippen LogP contribution in [0.1, 0.15) is 32.8 Å². The lowest BCUT2D eigenvalue weighted by Gasteiger charge is -2.24. The van der Waals surface area contributed by atoms with Crippen molar-refractivity contribution in [3.8, 4) is 0 Å². The maximum Gasteiger partial charge on any atom is 0.0108 e. The van der Waals surface area contributed by atoms with Crippen molar-refractivity contribution < 1.29 is 0 Å². The average molecular weight is 266 g/mol. The Morgan fingerprint density at radius 2 is 2.28 bits per heavy atom. The van der Waals surface area contributed by atoms with E-state index in [4.69, 9.17) is 0 Å². The van der Waals surface area contributed by atoms with Gasteiger partial charge in [-0.15, -0.1) is 0 Å². The van der Waals surface area contributed by atoms with E-state index in [0.29, 0.717) is 12.1 Å². The summed E-state index contributed by atoms with van der Waals surface area (Å²) in [6.07, 6.45) is 2.56. The van der Waals surface area contributed by atoms with Crippen molar-refractivity contribution in [1.29, 1.82) is 0 Å². The molecular weight excluding hydrogens is 240 g/mol. The summed E-state index contributed by atoms with van der Waals surface area (Å²) in [5.41, 5.74) is 1.50. The van der Waals surface area contributed by atoms with E-state index in [1.54, 1.807) is 0 Å². The molecule has 1 aliphatic rings. The van der Waals surface area contributed by atoms with Gasteiger partial charge in [0.2, 0.25) is 0 Å². The number of hydrogen-bond donors (Lipinski definition) is 1. The van der Waals surface area contributed by atoms with Crippen LogP contribution in [0, 0.1) is 5.92 Å². The van der Waals surface area contributed by atoms with Crippen molar-refractivity contribution in [2.24, 2.45) is 5.92 Å². The highest BCUT2D eigenvalue weighted by molar-refractivity contribution is 7.07. The lowest BCUT2D eigenvalue weighted by atomic mass is 10.1. The normalized spacial score (nSPS) is 22.8. The maximum absolute atomic E-state index is 3.57. The van der Waals surface area contributed by atoms with Crippen LogP contribution >= 0.6 is 11.3 Å². The molecule has 0 bridgehead atoms. The van der Waals surface area contributed by atoms with E-state index in [-0.39, 0.29) is 0 Å². The van der Waals surface area contributed by atoms with Gasteiger partial charge in [0, 0.05) is 18.6 Å². The van der Waals surface area contributed by atoms with Crippen LogP contribution in [-0.4, -0.2) is 36.6 Å². The van der Waals surface area contributed by atoms with Crippen LogP contribution < -0.4 is 5.32 Å². The molecule has 0 aromatic carbocycles. The molecule has 2 unspecified atom stereocenters. The molecule has 18 heavy (non-hydrogen) atoms. The Hall–Kier alpha value is -0.380. The van der Waals surface area contributed by atoms with Crippen LogP contribution in [0.25, 0.3) is 0 Å². The van der Waals surface area contributed by atoms with Gasteiger partial charge in [0.1, 0.15) is 0 Å². The highest BCUT2D eigenvalue weighted by atomic mass is 32.1. The van der Waals surface area contributed by atoms with Gasteiger partial charge in [0.15, 0.2) is 0 Å². The molecule has 0 saturated carbocycles. The quantitative estimate of drug-likeness (QED) is 0.851. The van der Waals surface area contributed by atoms with E-state index < -0.39 is 0 Å². The second kappa shape index (κ2) is 6.69. The van der Waals surface area contributed by atoms with Crippen molar-refractivity contribution in [3.05, 3.63) is 22.4 Å². The summed E-state index contributed by atoms with van der Waals surface area (Å²) in [5.74, 6) is 0.845. The monoisotopic (exact) mass is 266 g/mol. The Bertz CT molecular complexity index is 334. The van der Waals surface area contributed by atoms with E-state index in [1.807, 2.05) is 11.3 Å². The zero-order valence-corrected chi connectivity index (χ0v) is 12.7. The topological polar surface area (TPSA) is 15.3 Å². The van der Waals surface area contributed by atoms with Gasteiger partial charge in [-0.2, -0.15) is 11.3 Å². The fourth-order valence-corrected chi connectivity index (χ4v) is 3.39. The first-order valence-electron chi connectivity index (χ1n) is 7.13. The molecule has 2 nitrogen and oxygen atoms in total. The van der Waals surface area contributed by atoms with Gasteiger partial charge in [0.25, 0.3) is 0 Å². The molecule has 1 aromatic heterocycles. The smallest absolute Gasteiger partial charge is 0.0108 e. The molecule has 2 atom stereocenters. The van der Waals surface area contributed by atoms with Crippen molar-refractivity contribution in [2.75, 3.05) is 19.6 Å². The predicted molar refractivity (Wildman–Crippen MR) is 80.3 cm³/mol. The fraction of sp³-hybridized carbons (Fsp3) is 0.733. The summed E-state index contributed by atoms with van der Waals surface area (Å²) in [6, 6.07) is 3.56. The van der Waals surface area contributed by atoms with E-state index in [9.17, 15) is 0 Å². The molecule has 2 rings (SSSR count). The third kappa shape index (κ3) is 4.08. The fourth-order valence-electron chi connectivity index (χ4n) is 2.71. The summed E-state index contributed by atoms with van der Waals surface area (Å²) >= 11 is 1.81. The Balaban J connectivity index is 1.74. The molecule has 0 radical (unpaired) electrons. The summed E-state index contributed by atoms with van der Waals surface area (Å²) in [5, 5.41) is 8.03. The molecule has 3 heteroatoms. The molecule has 1 fully saturated rings. The highest BCUT2D eigenvalue weighted by Crippen LogP contribution is 2.20. The van der Waals surface area contributed by atoms with Gasteiger partial charge in [-0.25, -0.2) is 0 Å². The van der Waals surface area contributed by atoms with Gasteiger partial charge in [-0.3, -0.25) is 4.90 Å². The second-order valence-corrected chi connectivity index (χ2v) is 6.68. The first kappa shape index (κ1) is 14.0. The Kier molecular flexibility index (Phi) is 5.22. The summed E-state index contributed by atoms with van der Waals surface area (Å²) in [4.78, 5) is 2.66. The SMILES string of the molecule is CC(C)NCC1CCN(C(C)Cc2ccsc2)C1. The second-order valence-electron chi connectivity index (χ2n) is 5.90. The summed E-state index contributed by atoms with van der Waals surface area (Å²) < 4.78 is 0. The zero-order chi connectivity index (χ0) is 13.0. The third-order valence-corrected chi connectivity index (χ3v) is 4.60. The molecule has 1 saturated heterocycles. The first-order chi connectivity index (χ1) is 8.65. The van der Waals surface area contributed by atoms with Gasteiger partial charge in [-0.1, -0.05) is 13.8 Å². The minimum atomic E-state index is 0.613. The van der Waals surface area contributed by atoms with Gasteiger partial charge >= 0.3 is 0 Å². The molecule has 2 heterocycles. The van der Waals surface area contributed by atoms with Gasteiger partial charge in [-0.05, 0) is 61.2 Å². The molecule has 1 aliphatic heterocycles. The number of thiophene rings is 1. The predicted octanol–water partition coefficient (Wildman–Crippen LogP) is 3.00. The first-order valence-corrected chi connectivity index (χ1v) is 8.08. The lowest BCUT2D eigenvalue weighted by molar-refractivity contribution is 0.246. The highest BCUT2D eigenvalue weighted by Gasteiger charge is 2.25. The molecule has 0 spiro atoms. The van der Waals surface area contributed by atoms with Gasteiger partial charge < -0.3 is 5.32 Å². The number of rotatable bonds is 6. The maximum atomic E-state index is 3.57. The number of likely N-dealkylation sites (tertiary alicyclic amines) is 1. The molecular formula is C15H26N2S. The molecule has 1 aromatic rings. The van der Waals surface area contributed by atoms with Crippen LogP contribution in [0.4, 0.5) is 0 Å². The van der Waals surface area contributed by atoms with Crippen LogP contribution in [0.5, 0.6) is 0 Å². The van der Waals surface area contributed by atoms with Crippen LogP contribution in [0.3, 0.4) is 0 Å². The van der Waals surface area contributed by atoms with E-state index in [0.717, 1.165) is 5.92 Å². The minimum Gasteiger partial charge on any atom is -0.314 e. The molecule has 1 N–H and O–H groups in total. The molecule has 0 amide bonds. The van der Waals surface area contributed by atoms with E-state index in [2.05, 4.69) is 47.8 Å². The van der Waals surface area contributed by atoms with Crippen LogP contribution in [0.15, 0.2) is 16.8 Å². The zero-order valence-electron chi connectivity index (χ0n) is 11.9.